The molecule has 0 bridgehead atoms. The average Bonchev–Trinajstić information content (AvgIpc) is 3.05. The molecule has 0 saturated carbocycles. The molecule has 0 aliphatic carbocycles. The van der Waals surface area contributed by atoms with E-state index in [4.69, 9.17) is 0 Å². The molecule has 0 amide bonds. The topological polar surface area (TPSA) is 6.48 Å². The van der Waals surface area contributed by atoms with Gasteiger partial charge in [-0.1, -0.05) is 115 Å². The molecule has 0 fully saturated rings. The molecule has 0 aliphatic rings. The molecule has 2 heteroatoms. The van der Waals surface area contributed by atoms with E-state index >= 15 is 0 Å². The average molecular weight is 541 g/mol. The normalized spacial score (nSPS) is 11.1. The van der Waals surface area contributed by atoms with Crippen LogP contribution in [0.5, 0.6) is 0 Å². The summed E-state index contributed by atoms with van der Waals surface area (Å²) in [6.07, 6.45) is 0. The van der Waals surface area contributed by atoms with Crippen LogP contribution in [0.3, 0.4) is 0 Å². The summed E-state index contributed by atoms with van der Waals surface area (Å²) in [5.74, 6) is 0. The van der Waals surface area contributed by atoms with Crippen molar-refractivity contribution >= 4 is 50.0 Å². The van der Waals surface area contributed by atoms with Crippen molar-refractivity contribution < 1.29 is 0 Å². The SMILES string of the molecule is Cc1ccc(N(C)c2ccc(-c3ccc(N(c4cccc5ccccc45)c4cccc5ccccc45)cc3)cc2)cc1. The van der Waals surface area contributed by atoms with Crippen LogP contribution in [0, 0.1) is 6.92 Å². The van der Waals surface area contributed by atoms with Crippen molar-refractivity contribution in [3.63, 3.8) is 0 Å². The summed E-state index contributed by atoms with van der Waals surface area (Å²) in [4.78, 5) is 4.62. The van der Waals surface area contributed by atoms with E-state index in [1.165, 1.54) is 55.3 Å². The quantitative estimate of drug-likeness (QED) is 0.207. The Morgan fingerprint density at radius 1 is 0.381 bits per heavy atom. The summed E-state index contributed by atoms with van der Waals surface area (Å²) in [5, 5.41) is 4.91. The monoisotopic (exact) mass is 540 g/mol. The minimum absolute atomic E-state index is 1.13. The first-order valence-electron chi connectivity index (χ1n) is 14.4. The predicted octanol–water partition coefficient (Wildman–Crippen LogP) is 11.2. The van der Waals surface area contributed by atoms with E-state index in [1.54, 1.807) is 0 Å². The molecule has 202 valence electrons. The van der Waals surface area contributed by atoms with Gasteiger partial charge in [0.05, 0.1) is 11.4 Å². The highest BCUT2D eigenvalue weighted by Crippen LogP contribution is 2.42. The Balaban J connectivity index is 1.27. The third-order valence-electron chi connectivity index (χ3n) is 8.15. The van der Waals surface area contributed by atoms with Crippen molar-refractivity contribution in [2.75, 3.05) is 16.8 Å². The molecule has 0 atom stereocenters. The Morgan fingerprint density at radius 2 is 0.786 bits per heavy atom. The summed E-state index contributed by atoms with van der Waals surface area (Å²) in [6, 6.07) is 56.8. The number of aryl methyl sites for hydroxylation is 1. The zero-order valence-corrected chi connectivity index (χ0v) is 23.9. The van der Waals surface area contributed by atoms with E-state index in [9.17, 15) is 0 Å². The van der Waals surface area contributed by atoms with Crippen molar-refractivity contribution in [1.82, 2.24) is 0 Å². The lowest BCUT2D eigenvalue weighted by Gasteiger charge is -2.28. The van der Waals surface area contributed by atoms with Crippen molar-refractivity contribution in [2.24, 2.45) is 0 Å². The van der Waals surface area contributed by atoms with Gasteiger partial charge in [-0.05, 0) is 77.4 Å². The van der Waals surface area contributed by atoms with Crippen LogP contribution in [-0.2, 0) is 0 Å². The highest BCUT2D eigenvalue weighted by atomic mass is 15.1. The molecule has 0 heterocycles. The van der Waals surface area contributed by atoms with Crippen LogP contribution in [0.15, 0.2) is 158 Å². The zero-order chi connectivity index (χ0) is 28.5. The van der Waals surface area contributed by atoms with Gasteiger partial charge in [0, 0.05) is 34.9 Å². The molecule has 0 saturated heterocycles. The first-order chi connectivity index (χ1) is 20.7. The lowest BCUT2D eigenvalue weighted by atomic mass is 10.0. The van der Waals surface area contributed by atoms with Crippen molar-refractivity contribution in [1.29, 1.82) is 0 Å². The minimum Gasteiger partial charge on any atom is -0.345 e. The van der Waals surface area contributed by atoms with Gasteiger partial charge in [-0.2, -0.15) is 0 Å². The Hall–Kier alpha value is -5.34. The molecule has 42 heavy (non-hydrogen) atoms. The number of hydrogen-bond donors (Lipinski definition) is 0. The Bertz CT molecular complexity index is 1900. The fourth-order valence-electron chi connectivity index (χ4n) is 5.81. The minimum atomic E-state index is 1.13. The van der Waals surface area contributed by atoms with Gasteiger partial charge in [-0.25, -0.2) is 0 Å². The molecule has 7 aromatic rings. The second kappa shape index (κ2) is 10.9. The van der Waals surface area contributed by atoms with Gasteiger partial charge in [0.25, 0.3) is 0 Å². The number of benzene rings is 7. The van der Waals surface area contributed by atoms with E-state index < -0.39 is 0 Å². The van der Waals surface area contributed by atoms with Gasteiger partial charge in [0.1, 0.15) is 0 Å². The number of fused-ring (bicyclic) bond motifs is 2. The Kier molecular flexibility index (Phi) is 6.65. The predicted molar refractivity (Wildman–Crippen MR) is 181 cm³/mol. The van der Waals surface area contributed by atoms with Crippen LogP contribution in [-0.4, -0.2) is 7.05 Å². The van der Waals surface area contributed by atoms with Gasteiger partial charge in [-0.15, -0.1) is 0 Å². The summed E-state index contributed by atoms with van der Waals surface area (Å²) in [6.45, 7) is 2.12. The third-order valence-corrected chi connectivity index (χ3v) is 8.15. The van der Waals surface area contributed by atoms with Crippen LogP contribution >= 0.6 is 0 Å². The van der Waals surface area contributed by atoms with E-state index in [-0.39, 0.29) is 0 Å². The smallest absolute Gasteiger partial charge is 0.0540 e. The molecule has 7 rings (SSSR count). The Labute approximate surface area is 247 Å². The lowest BCUT2D eigenvalue weighted by Crippen LogP contribution is -2.11. The second-order valence-corrected chi connectivity index (χ2v) is 10.8. The first kappa shape index (κ1) is 25.6. The Morgan fingerprint density at radius 3 is 1.29 bits per heavy atom. The first-order valence-corrected chi connectivity index (χ1v) is 14.4. The van der Waals surface area contributed by atoms with Gasteiger partial charge >= 0.3 is 0 Å². The van der Waals surface area contributed by atoms with Crippen LogP contribution in [0.1, 0.15) is 5.56 Å². The molecule has 0 spiro atoms. The summed E-state index contributed by atoms with van der Waals surface area (Å²) in [7, 11) is 2.11. The van der Waals surface area contributed by atoms with Gasteiger partial charge < -0.3 is 9.80 Å². The number of hydrogen-bond acceptors (Lipinski definition) is 2. The molecular weight excluding hydrogens is 508 g/mol. The molecule has 2 nitrogen and oxygen atoms in total. The van der Waals surface area contributed by atoms with Crippen LogP contribution in [0.25, 0.3) is 32.7 Å². The standard InChI is InChI=1S/C40H32N2/c1-29-17-23-34(24-18-29)41(2)35-25-19-30(20-26-35)31-21-27-36(28-22-31)42(39-15-7-11-32-9-3-5-13-37(32)39)40-16-8-12-33-10-4-6-14-38(33)40/h3-28H,1-2H3. The molecule has 0 aliphatic heterocycles. The van der Waals surface area contributed by atoms with E-state index in [2.05, 4.69) is 181 Å². The van der Waals surface area contributed by atoms with E-state index in [1.807, 2.05) is 0 Å². The maximum absolute atomic E-state index is 2.40. The lowest BCUT2D eigenvalue weighted by molar-refractivity contribution is 1.20. The van der Waals surface area contributed by atoms with Crippen LogP contribution in [0.4, 0.5) is 28.4 Å². The summed E-state index contributed by atoms with van der Waals surface area (Å²) < 4.78 is 0. The van der Waals surface area contributed by atoms with Gasteiger partial charge in [0.2, 0.25) is 0 Å². The molecule has 7 aromatic carbocycles. The molecule has 0 N–H and O–H groups in total. The molecular formula is C40H32N2. The van der Waals surface area contributed by atoms with Gasteiger partial charge in [-0.3, -0.25) is 0 Å². The number of nitrogens with zero attached hydrogens (tertiary/aromatic N) is 2. The number of anilines is 5. The van der Waals surface area contributed by atoms with Crippen LogP contribution < -0.4 is 9.80 Å². The number of rotatable bonds is 6. The van der Waals surface area contributed by atoms with Crippen molar-refractivity contribution in [3.8, 4) is 11.1 Å². The summed E-state index contributed by atoms with van der Waals surface area (Å²) >= 11 is 0. The zero-order valence-electron chi connectivity index (χ0n) is 23.9. The second-order valence-electron chi connectivity index (χ2n) is 10.8. The van der Waals surface area contributed by atoms with Crippen molar-refractivity contribution in [3.05, 3.63) is 163 Å². The highest BCUT2D eigenvalue weighted by molar-refractivity contribution is 6.04. The highest BCUT2D eigenvalue weighted by Gasteiger charge is 2.17. The van der Waals surface area contributed by atoms with E-state index in [0.717, 1.165) is 11.4 Å². The van der Waals surface area contributed by atoms with E-state index in [0.29, 0.717) is 0 Å². The fourth-order valence-corrected chi connectivity index (χ4v) is 5.81. The molecule has 0 unspecified atom stereocenters. The summed E-state index contributed by atoms with van der Waals surface area (Å²) in [5.41, 5.74) is 9.47. The van der Waals surface area contributed by atoms with Crippen molar-refractivity contribution in [2.45, 2.75) is 6.92 Å². The molecule has 0 aromatic heterocycles. The van der Waals surface area contributed by atoms with Gasteiger partial charge in [0.15, 0.2) is 0 Å². The maximum atomic E-state index is 2.40. The third kappa shape index (κ3) is 4.78. The molecule has 0 radical (unpaired) electrons. The van der Waals surface area contributed by atoms with Crippen LogP contribution in [0.2, 0.25) is 0 Å². The maximum Gasteiger partial charge on any atom is 0.0540 e. The largest absolute Gasteiger partial charge is 0.345 e. The fraction of sp³-hybridized carbons (Fsp3) is 0.0500.